The van der Waals surface area contributed by atoms with Gasteiger partial charge in [-0.15, -0.1) is 0 Å². The standard InChI is InChI=1S/C11H18N6O3/c1-3-5-13-9(18)7-14-10-8(17(19)20)6-15-11(16-10)12-4-2/h6H,3-5,7H2,1-2H3,(H,13,18)(H2,12,14,15,16). The molecule has 110 valence electrons. The van der Waals surface area contributed by atoms with E-state index in [1.54, 1.807) is 0 Å². The van der Waals surface area contributed by atoms with Gasteiger partial charge in [0.2, 0.25) is 17.7 Å². The third-order valence-corrected chi connectivity index (χ3v) is 2.29. The van der Waals surface area contributed by atoms with E-state index in [0.717, 1.165) is 12.6 Å². The van der Waals surface area contributed by atoms with Gasteiger partial charge in [-0.05, 0) is 13.3 Å². The predicted molar refractivity (Wildman–Crippen MR) is 74.6 cm³/mol. The molecular formula is C11H18N6O3. The zero-order chi connectivity index (χ0) is 15.0. The van der Waals surface area contributed by atoms with Crippen LogP contribution in [0.25, 0.3) is 0 Å². The first-order valence-electron chi connectivity index (χ1n) is 6.34. The number of carbonyl (C=O) groups excluding carboxylic acids is 1. The van der Waals surface area contributed by atoms with Crippen molar-refractivity contribution in [1.29, 1.82) is 0 Å². The minimum atomic E-state index is -0.595. The quantitative estimate of drug-likeness (QED) is 0.475. The number of carbonyl (C=O) groups is 1. The van der Waals surface area contributed by atoms with Crippen molar-refractivity contribution >= 4 is 23.4 Å². The van der Waals surface area contributed by atoms with E-state index in [9.17, 15) is 14.9 Å². The second-order valence-electron chi connectivity index (χ2n) is 3.92. The summed E-state index contributed by atoms with van der Waals surface area (Å²) in [5.74, 6) is 0.0481. The minimum absolute atomic E-state index is 0.0209. The molecule has 1 heterocycles. The molecule has 0 aliphatic carbocycles. The summed E-state index contributed by atoms with van der Waals surface area (Å²) < 4.78 is 0. The monoisotopic (exact) mass is 282 g/mol. The van der Waals surface area contributed by atoms with E-state index in [0.29, 0.717) is 13.1 Å². The molecule has 0 aromatic carbocycles. The fourth-order valence-corrected chi connectivity index (χ4v) is 1.37. The Morgan fingerprint density at radius 3 is 2.75 bits per heavy atom. The van der Waals surface area contributed by atoms with E-state index in [2.05, 4.69) is 25.9 Å². The van der Waals surface area contributed by atoms with Gasteiger partial charge in [0.05, 0.1) is 11.5 Å². The van der Waals surface area contributed by atoms with Gasteiger partial charge in [-0.25, -0.2) is 4.98 Å². The molecule has 1 amide bonds. The fraction of sp³-hybridized carbons (Fsp3) is 0.545. The summed E-state index contributed by atoms with van der Waals surface area (Å²) >= 11 is 0. The Kier molecular flexibility index (Phi) is 6.14. The zero-order valence-electron chi connectivity index (χ0n) is 11.5. The molecule has 20 heavy (non-hydrogen) atoms. The van der Waals surface area contributed by atoms with Crippen LogP contribution < -0.4 is 16.0 Å². The Morgan fingerprint density at radius 1 is 1.40 bits per heavy atom. The summed E-state index contributed by atoms with van der Waals surface area (Å²) in [5, 5.41) is 19.0. The van der Waals surface area contributed by atoms with Crippen LogP contribution in [0.3, 0.4) is 0 Å². The highest BCUT2D eigenvalue weighted by Gasteiger charge is 2.17. The van der Waals surface area contributed by atoms with Crippen LogP contribution in [0, 0.1) is 10.1 Å². The maximum Gasteiger partial charge on any atom is 0.329 e. The largest absolute Gasteiger partial charge is 0.355 e. The summed E-state index contributed by atoms with van der Waals surface area (Å²) in [5.41, 5.74) is -0.269. The molecule has 0 unspecified atom stereocenters. The van der Waals surface area contributed by atoms with Crippen molar-refractivity contribution in [2.45, 2.75) is 20.3 Å². The van der Waals surface area contributed by atoms with Crippen molar-refractivity contribution < 1.29 is 9.72 Å². The topological polar surface area (TPSA) is 122 Å². The number of hydrogen-bond donors (Lipinski definition) is 3. The van der Waals surface area contributed by atoms with Gasteiger partial charge in [-0.3, -0.25) is 14.9 Å². The van der Waals surface area contributed by atoms with Gasteiger partial charge in [0, 0.05) is 13.1 Å². The van der Waals surface area contributed by atoms with Gasteiger partial charge in [-0.2, -0.15) is 4.98 Å². The van der Waals surface area contributed by atoms with Crippen LogP contribution in [0.2, 0.25) is 0 Å². The summed E-state index contributed by atoms with van der Waals surface area (Å²) in [4.78, 5) is 29.5. The number of anilines is 2. The third kappa shape index (κ3) is 4.67. The first-order chi connectivity index (χ1) is 9.58. The van der Waals surface area contributed by atoms with E-state index in [4.69, 9.17) is 0 Å². The molecule has 0 aliphatic heterocycles. The Bertz CT molecular complexity index is 479. The van der Waals surface area contributed by atoms with E-state index in [1.807, 2.05) is 13.8 Å². The second-order valence-corrected chi connectivity index (χ2v) is 3.92. The van der Waals surface area contributed by atoms with Crippen molar-refractivity contribution in [2.75, 3.05) is 30.3 Å². The smallest absolute Gasteiger partial charge is 0.329 e. The molecular weight excluding hydrogens is 264 g/mol. The fourth-order valence-electron chi connectivity index (χ4n) is 1.37. The highest BCUT2D eigenvalue weighted by atomic mass is 16.6. The molecule has 0 fully saturated rings. The van der Waals surface area contributed by atoms with Crippen LogP contribution in [0.5, 0.6) is 0 Å². The Balaban J connectivity index is 2.76. The average Bonchev–Trinajstić information content (AvgIpc) is 2.43. The van der Waals surface area contributed by atoms with Gasteiger partial charge in [0.25, 0.3) is 0 Å². The Hall–Kier alpha value is -2.45. The summed E-state index contributed by atoms with van der Waals surface area (Å²) in [6, 6.07) is 0. The lowest BCUT2D eigenvalue weighted by atomic mass is 10.4. The molecule has 0 aliphatic rings. The first kappa shape index (κ1) is 15.6. The average molecular weight is 282 g/mol. The van der Waals surface area contributed by atoms with E-state index >= 15 is 0 Å². The van der Waals surface area contributed by atoms with Crippen molar-refractivity contribution in [2.24, 2.45) is 0 Å². The van der Waals surface area contributed by atoms with E-state index in [1.165, 1.54) is 0 Å². The molecule has 3 N–H and O–H groups in total. The van der Waals surface area contributed by atoms with Crippen molar-refractivity contribution in [1.82, 2.24) is 15.3 Å². The lowest BCUT2D eigenvalue weighted by Crippen LogP contribution is -2.30. The molecule has 0 saturated heterocycles. The molecule has 1 aromatic heterocycles. The molecule has 0 spiro atoms. The van der Waals surface area contributed by atoms with Crippen LogP contribution in [-0.4, -0.2) is 40.4 Å². The molecule has 0 radical (unpaired) electrons. The number of rotatable bonds is 8. The second kappa shape index (κ2) is 7.87. The summed E-state index contributed by atoms with van der Waals surface area (Å²) in [6.45, 7) is 4.87. The molecule has 0 bridgehead atoms. The Labute approximate surface area is 116 Å². The SMILES string of the molecule is CCCNC(=O)CNc1nc(NCC)ncc1[N+](=O)[O-]. The number of hydrogen-bond acceptors (Lipinski definition) is 7. The van der Waals surface area contributed by atoms with Gasteiger partial charge in [-0.1, -0.05) is 6.92 Å². The summed E-state index contributed by atoms with van der Waals surface area (Å²) in [6.07, 6.45) is 1.93. The molecule has 1 rings (SSSR count). The van der Waals surface area contributed by atoms with Crippen LogP contribution in [0.4, 0.5) is 17.5 Å². The van der Waals surface area contributed by atoms with Crippen LogP contribution in [0.1, 0.15) is 20.3 Å². The number of aromatic nitrogens is 2. The summed E-state index contributed by atoms with van der Waals surface area (Å²) in [7, 11) is 0. The number of nitrogens with zero attached hydrogens (tertiary/aromatic N) is 3. The normalized spacial score (nSPS) is 9.90. The molecule has 0 atom stereocenters. The lowest BCUT2D eigenvalue weighted by molar-refractivity contribution is -0.384. The van der Waals surface area contributed by atoms with Gasteiger partial charge < -0.3 is 16.0 Å². The molecule has 1 aromatic rings. The molecule has 0 saturated carbocycles. The maximum atomic E-state index is 11.5. The van der Waals surface area contributed by atoms with Crippen molar-refractivity contribution in [3.05, 3.63) is 16.3 Å². The van der Waals surface area contributed by atoms with Gasteiger partial charge in [0.1, 0.15) is 6.20 Å². The molecule has 9 heteroatoms. The van der Waals surface area contributed by atoms with Crippen LogP contribution in [-0.2, 0) is 4.79 Å². The number of nitrogens with one attached hydrogen (secondary N) is 3. The zero-order valence-corrected chi connectivity index (χ0v) is 11.5. The highest BCUT2D eigenvalue weighted by molar-refractivity contribution is 5.81. The van der Waals surface area contributed by atoms with Gasteiger partial charge >= 0.3 is 5.69 Å². The molecule has 9 nitrogen and oxygen atoms in total. The predicted octanol–water partition coefficient (Wildman–Crippen LogP) is 0.755. The number of amides is 1. The Morgan fingerprint density at radius 2 is 2.15 bits per heavy atom. The lowest BCUT2D eigenvalue weighted by Gasteiger charge is -2.08. The maximum absolute atomic E-state index is 11.5. The first-order valence-corrected chi connectivity index (χ1v) is 6.34. The third-order valence-electron chi connectivity index (χ3n) is 2.29. The van der Waals surface area contributed by atoms with Crippen molar-refractivity contribution in [3.8, 4) is 0 Å². The highest BCUT2D eigenvalue weighted by Crippen LogP contribution is 2.21. The van der Waals surface area contributed by atoms with Crippen LogP contribution >= 0.6 is 0 Å². The van der Waals surface area contributed by atoms with E-state index in [-0.39, 0.29) is 29.9 Å². The number of nitro groups is 1. The van der Waals surface area contributed by atoms with Crippen LogP contribution in [0.15, 0.2) is 6.20 Å². The van der Waals surface area contributed by atoms with Crippen molar-refractivity contribution in [3.63, 3.8) is 0 Å². The minimum Gasteiger partial charge on any atom is -0.355 e. The van der Waals surface area contributed by atoms with E-state index < -0.39 is 4.92 Å². The van der Waals surface area contributed by atoms with Gasteiger partial charge in [0.15, 0.2) is 0 Å².